The highest BCUT2D eigenvalue weighted by molar-refractivity contribution is 9.10. The number of carbonyl (C=O) groups excluding carboxylic acids is 1. The van der Waals surface area contributed by atoms with E-state index in [1.807, 2.05) is 0 Å². The average Bonchev–Trinajstić information content (AvgIpc) is 2.58. The fourth-order valence-corrected chi connectivity index (χ4v) is 2.79. The Morgan fingerprint density at radius 2 is 2.00 bits per heavy atom. The molecule has 1 saturated heterocycles. The summed E-state index contributed by atoms with van der Waals surface area (Å²) >= 11 is 3.09. The lowest BCUT2D eigenvalue weighted by Gasteiger charge is -2.33. The van der Waals surface area contributed by atoms with Crippen molar-refractivity contribution in [1.29, 1.82) is 0 Å². The number of rotatable bonds is 3. The van der Waals surface area contributed by atoms with Gasteiger partial charge in [0.05, 0.1) is 18.1 Å². The van der Waals surface area contributed by atoms with Gasteiger partial charge in [-0.2, -0.15) is 4.98 Å². The summed E-state index contributed by atoms with van der Waals surface area (Å²) in [5, 5.41) is 2.49. The Balaban J connectivity index is 1.88. The van der Waals surface area contributed by atoms with Crippen LogP contribution in [0.15, 0.2) is 21.8 Å². The molecule has 0 spiro atoms. The number of nitrogens with one attached hydrogen (secondary N) is 2. The summed E-state index contributed by atoms with van der Waals surface area (Å²) in [4.78, 5) is 39.4. The van der Waals surface area contributed by atoms with Gasteiger partial charge >= 0.3 is 5.69 Å². The van der Waals surface area contributed by atoms with Crippen molar-refractivity contribution in [2.75, 3.05) is 29.0 Å². The second kappa shape index (κ2) is 6.94. The van der Waals surface area contributed by atoms with Gasteiger partial charge in [-0.1, -0.05) is 0 Å². The summed E-state index contributed by atoms with van der Waals surface area (Å²) < 4.78 is 27.0. The molecule has 0 saturated carbocycles. The van der Waals surface area contributed by atoms with E-state index in [0.29, 0.717) is 10.3 Å². The molecule has 1 fully saturated rings. The quantitative estimate of drug-likeness (QED) is 0.671. The van der Waals surface area contributed by atoms with Crippen LogP contribution < -0.4 is 21.6 Å². The summed E-state index contributed by atoms with van der Waals surface area (Å²) in [5.74, 6) is -3.50. The molecule has 138 valence electrons. The van der Waals surface area contributed by atoms with E-state index in [4.69, 9.17) is 5.73 Å². The standard InChI is InChI=1S/C14H14BrF2N7O2/c15-8-6-19-10(18)9(21-8)12(25)22-11-7(5-20-13(26)23-11)24-3-1-14(16,17)2-4-24/h5-6H,1-4H2,(H2,18,19)(H2,20,22,23,25,26). The molecule has 1 amide bonds. The molecule has 1 aliphatic rings. The Hall–Kier alpha value is -2.63. The van der Waals surface area contributed by atoms with Crippen molar-refractivity contribution in [3.05, 3.63) is 33.2 Å². The molecule has 26 heavy (non-hydrogen) atoms. The van der Waals surface area contributed by atoms with Gasteiger partial charge in [0, 0.05) is 25.9 Å². The highest BCUT2D eigenvalue weighted by Crippen LogP contribution is 2.32. The number of nitrogens with zero attached hydrogens (tertiary/aromatic N) is 4. The van der Waals surface area contributed by atoms with Gasteiger partial charge < -0.3 is 16.0 Å². The van der Waals surface area contributed by atoms with Gasteiger partial charge in [0.2, 0.25) is 0 Å². The lowest BCUT2D eigenvalue weighted by molar-refractivity contribution is -0.0220. The van der Waals surface area contributed by atoms with Crippen LogP contribution in [0.4, 0.5) is 26.1 Å². The zero-order valence-electron chi connectivity index (χ0n) is 13.3. The van der Waals surface area contributed by atoms with Crippen LogP contribution in [0, 0.1) is 0 Å². The molecule has 1 aliphatic heterocycles. The van der Waals surface area contributed by atoms with Crippen LogP contribution in [-0.4, -0.2) is 44.9 Å². The largest absolute Gasteiger partial charge is 0.382 e. The number of amides is 1. The molecule has 0 aromatic carbocycles. The summed E-state index contributed by atoms with van der Waals surface area (Å²) in [6.45, 7) is 0.116. The number of alkyl halides is 2. The highest BCUT2D eigenvalue weighted by atomic mass is 79.9. The molecule has 2 aromatic heterocycles. The SMILES string of the molecule is Nc1ncc(Br)nc1C(=O)Nc1[nH]c(=O)ncc1N1CCC(F)(F)CC1. The number of piperidine rings is 1. The highest BCUT2D eigenvalue weighted by Gasteiger charge is 2.35. The number of anilines is 3. The van der Waals surface area contributed by atoms with E-state index in [1.165, 1.54) is 12.4 Å². The van der Waals surface area contributed by atoms with Crippen molar-refractivity contribution < 1.29 is 13.6 Å². The van der Waals surface area contributed by atoms with Crippen LogP contribution >= 0.6 is 15.9 Å². The van der Waals surface area contributed by atoms with Crippen molar-refractivity contribution in [2.24, 2.45) is 0 Å². The number of H-pyrrole nitrogens is 1. The molecule has 0 unspecified atom stereocenters. The minimum Gasteiger partial charge on any atom is -0.382 e. The summed E-state index contributed by atoms with van der Waals surface area (Å²) in [5.41, 5.74) is 5.14. The zero-order chi connectivity index (χ0) is 18.9. The smallest absolute Gasteiger partial charge is 0.346 e. The fraction of sp³-hybridized carbons (Fsp3) is 0.357. The van der Waals surface area contributed by atoms with Gasteiger partial charge in [-0.15, -0.1) is 0 Å². The molecule has 2 aromatic rings. The van der Waals surface area contributed by atoms with Crippen molar-refractivity contribution >= 4 is 39.2 Å². The molecule has 12 heteroatoms. The maximum absolute atomic E-state index is 13.4. The maximum Gasteiger partial charge on any atom is 0.346 e. The van der Waals surface area contributed by atoms with E-state index >= 15 is 0 Å². The Morgan fingerprint density at radius 1 is 1.31 bits per heavy atom. The minimum absolute atomic E-state index is 0.0291. The molecular formula is C14H14BrF2N7O2. The molecule has 0 bridgehead atoms. The second-order valence-electron chi connectivity index (χ2n) is 5.67. The third kappa shape index (κ3) is 3.95. The zero-order valence-corrected chi connectivity index (χ0v) is 14.9. The Kier molecular flexibility index (Phi) is 4.85. The predicted molar refractivity (Wildman–Crippen MR) is 93.3 cm³/mol. The number of halogens is 3. The lowest BCUT2D eigenvalue weighted by Crippen LogP contribution is -2.40. The number of carbonyl (C=O) groups is 1. The van der Waals surface area contributed by atoms with Crippen LogP contribution in [0.5, 0.6) is 0 Å². The first-order chi connectivity index (χ1) is 12.2. The van der Waals surface area contributed by atoms with Gasteiger partial charge in [0.25, 0.3) is 11.8 Å². The number of hydrogen-bond acceptors (Lipinski definition) is 7. The van der Waals surface area contributed by atoms with Gasteiger partial charge in [-0.05, 0) is 15.9 Å². The van der Waals surface area contributed by atoms with E-state index in [0.717, 1.165) is 0 Å². The van der Waals surface area contributed by atoms with Crippen LogP contribution in [0.3, 0.4) is 0 Å². The van der Waals surface area contributed by atoms with E-state index < -0.39 is 17.5 Å². The van der Waals surface area contributed by atoms with Crippen LogP contribution in [0.25, 0.3) is 0 Å². The van der Waals surface area contributed by atoms with Gasteiger partial charge in [0.15, 0.2) is 11.5 Å². The third-order valence-electron chi connectivity index (χ3n) is 3.85. The van der Waals surface area contributed by atoms with Gasteiger partial charge in [-0.3, -0.25) is 9.78 Å². The molecule has 0 radical (unpaired) electrons. The number of nitrogen functional groups attached to an aromatic ring is 1. The normalized spacial score (nSPS) is 16.3. The predicted octanol–water partition coefficient (Wildman–Crippen LogP) is 1.39. The minimum atomic E-state index is -2.73. The molecule has 4 N–H and O–H groups in total. The second-order valence-corrected chi connectivity index (χ2v) is 6.48. The number of hydrogen-bond donors (Lipinski definition) is 3. The van der Waals surface area contributed by atoms with Crippen molar-refractivity contribution in [3.8, 4) is 0 Å². The molecular weight excluding hydrogens is 416 g/mol. The third-order valence-corrected chi connectivity index (χ3v) is 4.23. The summed E-state index contributed by atoms with van der Waals surface area (Å²) in [6.07, 6.45) is 1.90. The van der Waals surface area contributed by atoms with Crippen LogP contribution in [-0.2, 0) is 0 Å². The average molecular weight is 430 g/mol. The maximum atomic E-state index is 13.4. The number of nitrogens with two attached hydrogens (primary N) is 1. The molecule has 0 atom stereocenters. The van der Waals surface area contributed by atoms with E-state index in [-0.39, 0.29) is 43.3 Å². The number of aromatic nitrogens is 4. The fourth-order valence-electron chi connectivity index (χ4n) is 2.51. The monoisotopic (exact) mass is 429 g/mol. The Labute approximate surface area is 154 Å². The van der Waals surface area contributed by atoms with Crippen LogP contribution in [0.1, 0.15) is 23.3 Å². The summed E-state index contributed by atoms with van der Waals surface area (Å²) in [6, 6.07) is 0. The Morgan fingerprint density at radius 3 is 2.69 bits per heavy atom. The summed E-state index contributed by atoms with van der Waals surface area (Å²) in [7, 11) is 0. The first kappa shape index (κ1) is 18.2. The molecule has 3 rings (SSSR count). The molecule has 9 nitrogen and oxygen atoms in total. The lowest BCUT2D eigenvalue weighted by atomic mass is 10.1. The van der Waals surface area contributed by atoms with Crippen molar-refractivity contribution in [1.82, 2.24) is 19.9 Å². The van der Waals surface area contributed by atoms with Crippen molar-refractivity contribution in [2.45, 2.75) is 18.8 Å². The van der Waals surface area contributed by atoms with Crippen LogP contribution in [0.2, 0.25) is 0 Å². The topological polar surface area (TPSA) is 130 Å². The first-order valence-corrected chi connectivity index (χ1v) is 8.36. The molecule has 3 heterocycles. The number of aromatic amines is 1. The Bertz CT molecular complexity index is 895. The van der Waals surface area contributed by atoms with Gasteiger partial charge in [0.1, 0.15) is 10.4 Å². The first-order valence-electron chi connectivity index (χ1n) is 7.57. The van der Waals surface area contributed by atoms with Gasteiger partial charge in [-0.25, -0.2) is 23.5 Å². The van der Waals surface area contributed by atoms with E-state index in [9.17, 15) is 18.4 Å². The van der Waals surface area contributed by atoms with E-state index in [2.05, 4.69) is 41.2 Å². The molecule has 0 aliphatic carbocycles. The van der Waals surface area contributed by atoms with Crippen molar-refractivity contribution in [3.63, 3.8) is 0 Å². The van der Waals surface area contributed by atoms with E-state index in [1.54, 1.807) is 4.90 Å².